The van der Waals surface area contributed by atoms with Gasteiger partial charge in [-0.3, -0.25) is 4.98 Å². The molecule has 1 aliphatic rings. The van der Waals surface area contributed by atoms with Crippen molar-refractivity contribution < 1.29 is 4.74 Å². The van der Waals surface area contributed by atoms with Crippen LogP contribution in [0.1, 0.15) is 30.1 Å². The van der Waals surface area contributed by atoms with Crippen LogP contribution < -0.4 is 10.1 Å². The van der Waals surface area contributed by atoms with Crippen LogP contribution >= 0.6 is 0 Å². The Morgan fingerprint density at radius 3 is 2.57 bits per heavy atom. The maximum absolute atomic E-state index is 5.65. The number of fused-ring (bicyclic) bond motifs is 2. The number of H-pyrrole nitrogens is 1. The molecular weight excluding hydrogens is 348 g/mol. The molecule has 4 heterocycles. The first-order chi connectivity index (χ1) is 13.7. The fourth-order valence-corrected chi connectivity index (χ4v) is 4.20. The number of aromatic amines is 1. The number of aryl methyl sites for hydroxylation is 1. The zero-order valence-corrected chi connectivity index (χ0v) is 16.2. The third-order valence-electron chi connectivity index (χ3n) is 5.67. The van der Waals surface area contributed by atoms with E-state index in [1.807, 2.05) is 12.1 Å². The number of methoxy groups -OCH3 is 1. The van der Waals surface area contributed by atoms with Gasteiger partial charge < -0.3 is 15.0 Å². The third kappa shape index (κ3) is 3.02. The summed E-state index contributed by atoms with van der Waals surface area (Å²) in [5, 5.41) is 4.58. The van der Waals surface area contributed by atoms with Crippen molar-refractivity contribution in [1.82, 2.24) is 20.3 Å². The molecule has 3 aromatic heterocycles. The molecule has 1 fully saturated rings. The highest BCUT2D eigenvalue weighted by Gasteiger charge is 2.17. The van der Waals surface area contributed by atoms with E-state index in [-0.39, 0.29) is 0 Å². The molecule has 1 aromatic carbocycles. The normalized spacial score (nSPS) is 15.4. The van der Waals surface area contributed by atoms with E-state index in [9.17, 15) is 0 Å². The van der Waals surface area contributed by atoms with Crippen molar-refractivity contribution in [3.8, 4) is 17.0 Å². The van der Waals surface area contributed by atoms with E-state index in [1.54, 1.807) is 7.11 Å². The largest absolute Gasteiger partial charge is 0.496 e. The van der Waals surface area contributed by atoms with Crippen LogP contribution in [0.3, 0.4) is 0 Å². The molecule has 0 aliphatic carbocycles. The molecule has 0 radical (unpaired) electrons. The number of benzene rings is 1. The molecule has 1 saturated heterocycles. The van der Waals surface area contributed by atoms with Crippen LogP contribution in [-0.2, 0) is 0 Å². The number of hydrogen-bond acceptors (Lipinski definition) is 4. The molecule has 0 unspecified atom stereocenters. The van der Waals surface area contributed by atoms with E-state index in [0.29, 0.717) is 5.92 Å². The van der Waals surface area contributed by atoms with Gasteiger partial charge in [0.25, 0.3) is 0 Å². The van der Waals surface area contributed by atoms with Crippen LogP contribution in [0, 0.1) is 6.92 Å². The minimum atomic E-state index is 0.546. The molecule has 0 spiro atoms. The number of aromatic nitrogens is 3. The number of rotatable bonds is 3. The standard InChI is InChI=1S/C23H24N4O/c1-14-11-16-12-17(23(28-2)13-22(16)25-14)19-4-6-20-21(27-19)5-3-18(26-20)15-7-9-24-10-8-15/h3-6,11-13,15,24-25H,7-10H2,1-2H3. The molecule has 142 valence electrons. The summed E-state index contributed by atoms with van der Waals surface area (Å²) in [5.41, 5.74) is 7.17. The van der Waals surface area contributed by atoms with Crippen LogP contribution in [0.5, 0.6) is 5.75 Å². The lowest BCUT2D eigenvalue weighted by molar-refractivity contribution is 0.417. The third-order valence-corrected chi connectivity index (χ3v) is 5.67. The maximum atomic E-state index is 5.65. The van der Waals surface area contributed by atoms with Crippen LogP contribution in [-0.4, -0.2) is 35.2 Å². The van der Waals surface area contributed by atoms with E-state index < -0.39 is 0 Å². The van der Waals surface area contributed by atoms with E-state index in [4.69, 9.17) is 14.7 Å². The van der Waals surface area contributed by atoms with Gasteiger partial charge in [0.15, 0.2) is 0 Å². The minimum absolute atomic E-state index is 0.546. The number of piperidine rings is 1. The summed E-state index contributed by atoms with van der Waals surface area (Å²) in [6.45, 7) is 4.21. The van der Waals surface area contributed by atoms with Gasteiger partial charge in [-0.2, -0.15) is 0 Å². The van der Waals surface area contributed by atoms with E-state index >= 15 is 0 Å². The molecule has 5 rings (SSSR count). The minimum Gasteiger partial charge on any atom is -0.496 e. The van der Waals surface area contributed by atoms with Gasteiger partial charge in [0.1, 0.15) is 5.75 Å². The van der Waals surface area contributed by atoms with Crippen molar-refractivity contribution in [2.24, 2.45) is 0 Å². The fraction of sp³-hybridized carbons (Fsp3) is 0.304. The van der Waals surface area contributed by atoms with Crippen LogP contribution in [0.4, 0.5) is 0 Å². The lowest BCUT2D eigenvalue weighted by atomic mass is 9.94. The van der Waals surface area contributed by atoms with Gasteiger partial charge in [-0.25, -0.2) is 4.98 Å². The van der Waals surface area contributed by atoms with E-state index in [2.05, 4.69) is 47.6 Å². The molecule has 5 nitrogen and oxygen atoms in total. The number of ether oxygens (including phenoxy) is 1. The van der Waals surface area contributed by atoms with Gasteiger partial charge in [0.05, 0.1) is 23.8 Å². The van der Waals surface area contributed by atoms with Crippen LogP contribution in [0.25, 0.3) is 33.2 Å². The van der Waals surface area contributed by atoms with Crippen molar-refractivity contribution >= 4 is 21.9 Å². The second kappa shape index (κ2) is 6.91. The Kier molecular flexibility index (Phi) is 4.24. The van der Waals surface area contributed by atoms with Gasteiger partial charge in [-0.1, -0.05) is 0 Å². The SMILES string of the molecule is COc1cc2[nH]c(C)cc2cc1-c1ccc2nc(C3CCNCC3)ccc2n1. The molecular formula is C23H24N4O. The predicted molar refractivity (Wildman–Crippen MR) is 113 cm³/mol. The van der Waals surface area contributed by atoms with Crippen LogP contribution in [0.2, 0.25) is 0 Å². The summed E-state index contributed by atoms with van der Waals surface area (Å²) in [4.78, 5) is 13.2. The molecule has 4 aromatic rings. The highest BCUT2D eigenvalue weighted by atomic mass is 16.5. The van der Waals surface area contributed by atoms with Crippen molar-refractivity contribution in [2.45, 2.75) is 25.7 Å². The highest BCUT2D eigenvalue weighted by Crippen LogP contribution is 2.34. The summed E-state index contributed by atoms with van der Waals surface area (Å²) < 4.78 is 5.65. The van der Waals surface area contributed by atoms with Gasteiger partial charge in [-0.05, 0) is 69.3 Å². The van der Waals surface area contributed by atoms with Gasteiger partial charge in [0, 0.05) is 39.8 Å². The van der Waals surface area contributed by atoms with Gasteiger partial charge in [0.2, 0.25) is 0 Å². The summed E-state index contributed by atoms with van der Waals surface area (Å²) in [7, 11) is 1.70. The molecule has 28 heavy (non-hydrogen) atoms. The Balaban J connectivity index is 1.57. The summed E-state index contributed by atoms with van der Waals surface area (Å²) in [5.74, 6) is 1.37. The Labute approximate surface area is 164 Å². The van der Waals surface area contributed by atoms with Crippen molar-refractivity contribution in [3.05, 3.63) is 53.9 Å². The highest BCUT2D eigenvalue weighted by molar-refractivity contribution is 5.90. The molecule has 0 saturated carbocycles. The van der Waals surface area contributed by atoms with E-state index in [1.165, 1.54) is 5.69 Å². The first kappa shape index (κ1) is 17.2. The quantitative estimate of drug-likeness (QED) is 0.553. The predicted octanol–water partition coefficient (Wildman–Crippen LogP) is 4.56. The lowest BCUT2D eigenvalue weighted by Gasteiger charge is -2.22. The molecule has 0 amide bonds. The first-order valence-corrected chi connectivity index (χ1v) is 9.87. The van der Waals surface area contributed by atoms with Gasteiger partial charge in [-0.15, -0.1) is 0 Å². The average Bonchev–Trinajstić information content (AvgIpc) is 3.11. The second-order valence-corrected chi connectivity index (χ2v) is 7.59. The molecule has 0 atom stereocenters. The Hall–Kier alpha value is -2.92. The molecule has 0 bridgehead atoms. The Bertz CT molecular complexity index is 1160. The number of nitrogens with zero attached hydrogens (tertiary/aromatic N) is 2. The van der Waals surface area contributed by atoms with Crippen molar-refractivity contribution in [1.29, 1.82) is 0 Å². The molecule has 2 N–H and O–H groups in total. The topological polar surface area (TPSA) is 62.8 Å². The Morgan fingerprint density at radius 1 is 0.964 bits per heavy atom. The monoisotopic (exact) mass is 372 g/mol. The number of nitrogens with one attached hydrogen (secondary N) is 2. The van der Waals surface area contributed by atoms with Crippen molar-refractivity contribution in [3.63, 3.8) is 0 Å². The Morgan fingerprint density at radius 2 is 1.75 bits per heavy atom. The lowest BCUT2D eigenvalue weighted by Crippen LogP contribution is -2.27. The van der Waals surface area contributed by atoms with Crippen LogP contribution in [0.15, 0.2) is 42.5 Å². The zero-order valence-electron chi connectivity index (χ0n) is 16.2. The summed E-state index contributed by atoms with van der Waals surface area (Å²) >= 11 is 0. The number of pyridine rings is 2. The van der Waals surface area contributed by atoms with Crippen molar-refractivity contribution in [2.75, 3.05) is 20.2 Å². The summed E-state index contributed by atoms with van der Waals surface area (Å²) in [6, 6.07) is 14.7. The first-order valence-electron chi connectivity index (χ1n) is 9.87. The second-order valence-electron chi connectivity index (χ2n) is 7.59. The maximum Gasteiger partial charge on any atom is 0.130 e. The van der Waals surface area contributed by atoms with E-state index in [0.717, 1.165) is 70.6 Å². The smallest absolute Gasteiger partial charge is 0.130 e. The van der Waals surface area contributed by atoms with Gasteiger partial charge >= 0.3 is 0 Å². The number of hydrogen-bond donors (Lipinski definition) is 2. The molecule has 5 heteroatoms. The fourth-order valence-electron chi connectivity index (χ4n) is 4.20. The molecule has 1 aliphatic heterocycles. The summed E-state index contributed by atoms with van der Waals surface area (Å²) in [6.07, 6.45) is 2.30. The zero-order chi connectivity index (χ0) is 19.1. The average molecular weight is 372 g/mol.